The summed E-state index contributed by atoms with van der Waals surface area (Å²) in [7, 11) is -2.47. The van der Waals surface area contributed by atoms with Gasteiger partial charge in [0.2, 0.25) is 0 Å². The number of methoxy groups -OCH3 is 1. The Morgan fingerprint density at radius 1 is 1.18 bits per heavy atom. The zero-order chi connectivity index (χ0) is 16.3. The fraction of sp³-hybridized carbons (Fsp3) is 0.0769. The second-order valence-corrected chi connectivity index (χ2v) is 5.99. The molecule has 0 atom stereocenters. The molecule has 2 rings (SSSR count). The average Bonchev–Trinajstić information content (AvgIpc) is 2.49. The Balaban J connectivity index is 2.33. The molecule has 0 saturated heterocycles. The van der Waals surface area contributed by atoms with Gasteiger partial charge in [0.05, 0.1) is 28.3 Å². The van der Waals surface area contributed by atoms with E-state index in [4.69, 9.17) is 10.5 Å². The third-order valence-corrected chi connectivity index (χ3v) is 4.24. The average molecular weight is 323 g/mol. The van der Waals surface area contributed by atoms with Crippen molar-refractivity contribution in [3.63, 3.8) is 0 Å². The van der Waals surface area contributed by atoms with Gasteiger partial charge < -0.3 is 10.5 Å². The zero-order valence-electron chi connectivity index (χ0n) is 11.5. The fourth-order valence-electron chi connectivity index (χ4n) is 1.70. The van der Waals surface area contributed by atoms with Crippen LogP contribution in [0.1, 0.15) is 0 Å². The van der Waals surface area contributed by atoms with Crippen molar-refractivity contribution in [3.8, 4) is 5.75 Å². The van der Waals surface area contributed by atoms with Gasteiger partial charge in [-0.15, -0.1) is 0 Å². The summed E-state index contributed by atoms with van der Waals surface area (Å²) >= 11 is 0. The van der Waals surface area contributed by atoms with Crippen molar-refractivity contribution < 1.29 is 18.1 Å². The number of sulfonamides is 1. The first kappa shape index (κ1) is 15.6. The summed E-state index contributed by atoms with van der Waals surface area (Å²) in [5, 5.41) is 10.6. The van der Waals surface area contributed by atoms with E-state index in [-0.39, 0.29) is 22.0 Å². The lowest BCUT2D eigenvalue weighted by molar-refractivity contribution is -0.384. The molecule has 0 heterocycles. The van der Waals surface area contributed by atoms with Crippen molar-refractivity contribution in [1.82, 2.24) is 0 Å². The second kappa shape index (κ2) is 5.90. The van der Waals surface area contributed by atoms with E-state index >= 15 is 0 Å². The Labute approximate surface area is 126 Å². The molecule has 0 aliphatic heterocycles. The van der Waals surface area contributed by atoms with Gasteiger partial charge in [0.15, 0.2) is 0 Å². The van der Waals surface area contributed by atoms with Gasteiger partial charge in [-0.2, -0.15) is 0 Å². The van der Waals surface area contributed by atoms with Crippen LogP contribution in [0.4, 0.5) is 17.1 Å². The van der Waals surface area contributed by atoms with Gasteiger partial charge in [0.1, 0.15) is 5.75 Å². The highest BCUT2D eigenvalue weighted by molar-refractivity contribution is 7.92. The minimum atomic E-state index is -3.91. The predicted molar refractivity (Wildman–Crippen MR) is 81.3 cm³/mol. The number of nitrogens with one attached hydrogen (secondary N) is 1. The van der Waals surface area contributed by atoms with Crippen LogP contribution < -0.4 is 15.2 Å². The van der Waals surface area contributed by atoms with E-state index < -0.39 is 14.9 Å². The van der Waals surface area contributed by atoms with Crippen LogP contribution >= 0.6 is 0 Å². The molecule has 9 heteroatoms. The van der Waals surface area contributed by atoms with Crippen LogP contribution in [0.5, 0.6) is 5.75 Å². The van der Waals surface area contributed by atoms with Crippen LogP contribution in [0.2, 0.25) is 0 Å². The highest BCUT2D eigenvalue weighted by Gasteiger charge is 2.17. The number of nitrogens with two attached hydrogens (primary N) is 1. The SMILES string of the molecule is COc1ccc(N)c(NS(=O)(=O)c2ccc([N+](=O)[O-])cc2)c1. The lowest BCUT2D eigenvalue weighted by Crippen LogP contribution is -2.14. The highest BCUT2D eigenvalue weighted by Crippen LogP contribution is 2.27. The first-order chi connectivity index (χ1) is 10.3. The molecule has 0 saturated carbocycles. The van der Waals surface area contributed by atoms with Gasteiger partial charge in [0.25, 0.3) is 15.7 Å². The number of rotatable bonds is 5. The standard InChI is InChI=1S/C13H13N3O5S/c1-21-10-4-7-12(14)13(8-10)15-22(19,20)11-5-2-9(3-6-11)16(17)18/h2-8,15H,14H2,1H3. The molecule has 0 unspecified atom stereocenters. The molecule has 0 aliphatic carbocycles. The van der Waals surface area contributed by atoms with E-state index in [0.29, 0.717) is 5.75 Å². The zero-order valence-corrected chi connectivity index (χ0v) is 12.3. The molecule has 0 bridgehead atoms. The molecule has 0 amide bonds. The molecular weight excluding hydrogens is 310 g/mol. The monoisotopic (exact) mass is 323 g/mol. The lowest BCUT2D eigenvalue weighted by atomic mass is 10.2. The summed E-state index contributed by atoms with van der Waals surface area (Å²) < 4.78 is 31.8. The third kappa shape index (κ3) is 3.26. The number of ether oxygens (including phenoxy) is 1. The highest BCUT2D eigenvalue weighted by atomic mass is 32.2. The van der Waals surface area contributed by atoms with Gasteiger partial charge in [-0.05, 0) is 24.3 Å². The summed E-state index contributed by atoms with van der Waals surface area (Å²) in [5.41, 5.74) is 5.92. The quantitative estimate of drug-likeness (QED) is 0.492. The van der Waals surface area contributed by atoms with E-state index in [2.05, 4.69) is 4.72 Å². The van der Waals surface area contributed by atoms with Crippen molar-refractivity contribution in [2.45, 2.75) is 4.90 Å². The predicted octanol–water partition coefficient (Wildman–Crippen LogP) is 1.99. The molecule has 116 valence electrons. The molecule has 2 aromatic carbocycles. The summed E-state index contributed by atoms with van der Waals surface area (Å²) in [6.07, 6.45) is 0. The van der Waals surface area contributed by atoms with Crippen molar-refractivity contribution in [2.75, 3.05) is 17.6 Å². The van der Waals surface area contributed by atoms with Crippen molar-refractivity contribution in [1.29, 1.82) is 0 Å². The number of nitrogens with zero attached hydrogens (tertiary/aromatic N) is 1. The van der Waals surface area contributed by atoms with Crippen molar-refractivity contribution in [3.05, 3.63) is 52.6 Å². The Bertz CT molecular complexity index is 803. The summed E-state index contributed by atoms with van der Waals surface area (Å²) in [4.78, 5) is 9.86. The normalized spacial score (nSPS) is 11.0. The van der Waals surface area contributed by atoms with E-state index in [1.807, 2.05) is 0 Å². The van der Waals surface area contributed by atoms with Crippen LogP contribution in [-0.4, -0.2) is 20.5 Å². The van der Waals surface area contributed by atoms with Crippen LogP contribution in [0.3, 0.4) is 0 Å². The molecule has 8 nitrogen and oxygen atoms in total. The molecule has 0 spiro atoms. The van der Waals surface area contributed by atoms with E-state index in [1.54, 1.807) is 6.07 Å². The Morgan fingerprint density at radius 3 is 2.36 bits per heavy atom. The fourth-order valence-corrected chi connectivity index (χ4v) is 2.78. The molecule has 0 fully saturated rings. The van der Waals surface area contributed by atoms with E-state index in [1.165, 1.54) is 19.2 Å². The number of nitro groups is 1. The first-order valence-electron chi connectivity index (χ1n) is 6.04. The summed E-state index contributed by atoms with van der Waals surface area (Å²) in [6, 6.07) is 9.07. The maximum Gasteiger partial charge on any atom is 0.269 e. The minimum Gasteiger partial charge on any atom is -0.497 e. The van der Waals surface area contributed by atoms with Crippen LogP contribution in [-0.2, 0) is 10.0 Å². The third-order valence-electron chi connectivity index (χ3n) is 2.86. The maximum absolute atomic E-state index is 12.3. The van der Waals surface area contributed by atoms with E-state index in [0.717, 1.165) is 24.3 Å². The molecule has 0 aliphatic rings. The van der Waals surface area contributed by atoms with Gasteiger partial charge in [-0.25, -0.2) is 8.42 Å². The lowest BCUT2D eigenvalue weighted by Gasteiger charge is -2.11. The summed E-state index contributed by atoms with van der Waals surface area (Å²) in [6.45, 7) is 0. The van der Waals surface area contributed by atoms with Gasteiger partial charge in [-0.3, -0.25) is 14.8 Å². The molecule has 0 aromatic heterocycles. The molecule has 2 aromatic rings. The topological polar surface area (TPSA) is 125 Å². The number of hydrogen-bond donors (Lipinski definition) is 2. The number of non-ortho nitro benzene ring substituents is 1. The summed E-state index contributed by atoms with van der Waals surface area (Å²) in [5.74, 6) is 0.440. The molecular formula is C13H13N3O5S. The number of hydrogen-bond acceptors (Lipinski definition) is 6. The maximum atomic E-state index is 12.3. The smallest absolute Gasteiger partial charge is 0.269 e. The van der Waals surface area contributed by atoms with Gasteiger partial charge >= 0.3 is 0 Å². The number of anilines is 2. The van der Waals surface area contributed by atoms with Gasteiger partial charge in [-0.1, -0.05) is 0 Å². The Hall–Kier alpha value is -2.81. The number of benzene rings is 2. The largest absolute Gasteiger partial charge is 0.497 e. The first-order valence-corrected chi connectivity index (χ1v) is 7.52. The molecule has 3 N–H and O–H groups in total. The minimum absolute atomic E-state index is 0.111. The number of nitrogen functional groups attached to an aromatic ring is 1. The van der Waals surface area contributed by atoms with E-state index in [9.17, 15) is 18.5 Å². The van der Waals surface area contributed by atoms with Crippen LogP contribution in [0.25, 0.3) is 0 Å². The van der Waals surface area contributed by atoms with Crippen molar-refractivity contribution >= 4 is 27.1 Å². The molecule has 22 heavy (non-hydrogen) atoms. The molecule has 0 radical (unpaired) electrons. The van der Waals surface area contributed by atoms with Crippen molar-refractivity contribution in [2.24, 2.45) is 0 Å². The van der Waals surface area contributed by atoms with Crippen LogP contribution in [0, 0.1) is 10.1 Å². The Kier molecular flexibility index (Phi) is 4.18. The number of nitro benzene ring substituents is 1. The van der Waals surface area contributed by atoms with Gasteiger partial charge in [0, 0.05) is 18.2 Å². The second-order valence-electron chi connectivity index (χ2n) is 4.31. The Morgan fingerprint density at radius 2 is 1.82 bits per heavy atom. The van der Waals surface area contributed by atoms with Crippen LogP contribution in [0.15, 0.2) is 47.4 Å².